The second kappa shape index (κ2) is 5.49. The highest BCUT2D eigenvalue weighted by Crippen LogP contribution is 2.12. The fourth-order valence-electron chi connectivity index (χ4n) is 1.37. The Morgan fingerprint density at radius 3 is 2.87 bits per heavy atom. The molecule has 1 aromatic heterocycles. The molecule has 0 aliphatic carbocycles. The number of nitrogens with zero attached hydrogens (tertiary/aromatic N) is 2. The van der Waals surface area contributed by atoms with Gasteiger partial charge in [0.2, 0.25) is 0 Å². The Bertz CT molecular complexity index is 297. The number of aliphatic hydroxyl groups is 1. The molecule has 1 rings (SSSR count). The largest absolute Gasteiger partial charge is 0.394 e. The summed E-state index contributed by atoms with van der Waals surface area (Å²) in [4.78, 5) is 0. The van der Waals surface area contributed by atoms with Crippen LogP contribution in [0, 0.1) is 0 Å². The van der Waals surface area contributed by atoms with Gasteiger partial charge in [0.1, 0.15) is 0 Å². The lowest BCUT2D eigenvalue weighted by molar-refractivity contribution is 0.169. The van der Waals surface area contributed by atoms with E-state index in [2.05, 4.69) is 10.4 Å². The molecule has 0 radical (unpaired) electrons. The lowest BCUT2D eigenvalue weighted by Gasteiger charge is -2.26. The molecule has 86 valence electrons. The molecule has 0 aliphatic rings. The van der Waals surface area contributed by atoms with E-state index in [0.29, 0.717) is 5.02 Å². The van der Waals surface area contributed by atoms with Crippen molar-refractivity contribution in [3.05, 3.63) is 17.4 Å². The van der Waals surface area contributed by atoms with Gasteiger partial charge < -0.3 is 10.4 Å². The minimum absolute atomic E-state index is 0.142. The van der Waals surface area contributed by atoms with Crippen LogP contribution in [0.1, 0.15) is 19.8 Å². The van der Waals surface area contributed by atoms with Crippen molar-refractivity contribution in [3.63, 3.8) is 0 Å². The van der Waals surface area contributed by atoms with E-state index >= 15 is 0 Å². The van der Waals surface area contributed by atoms with Crippen LogP contribution in [0.4, 0.5) is 0 Å². The zero-order valence-electron chi connectivity index (χ0n) is 9.20. The molecule has 0 bridgehead atoms. The number of aryl methyl sites for hydroxylation is 1. The van der Waals surface area contributed by atoms with E-state index in [4.69, 9.17) is 11.6 Å². The molecule has 5 heteroatoms. The summed E-state index contributed by atoms with van der Waals surface area (Å²) < 4.78 is 1.82. The zero-order chi connectivity index (χ0) is 11.3. The summed E-state index contributed by atoms with van der Waals surface area (Å²) in [5.41, 5.74) is -0.197. The van der Waals surface area contributed by atoms with Crippen LogP contribution in [0.15, 0.2) is 12.4 Å². The zero-order valence-corrected chi connectivity index (χ0v) is 9.96. The van der Waals surface area contributed by atoms with Gasteiger partial charge in [-0.05, 0) is 26.8 Å². The van der Waals surface area contributed by atoms with Gasteiger partial charge in [-0.15, -0.1) is 0 Å². The molecule has 0 saturated carbocycles. The van der Waals surface area contributed by atoms with Crippen LogP contribution < -0.4 is 5.32 Å². The summed E-state index contributed by atoms with van der Waals surface area (Å²) >= 11 is 5.75. The molecular weight excluding hydrogens is 214 g/mol. The quantitative estimate of drug-likeness (QED) is 0.776. The first-order valence-electron chi connectivity index (χ1n) is 5.07. The van der Waals surface area contributed by atoms with E-state index in [9.17, 15) is 5.11 Å². The molecule has 2 N–H and O–H groups in total. The highest BCUT2D eigenvalue weighted by molar-refractivity contribution is 6.30. The highest BCUT2D eigenvalue weighted by atomic mass is 35.5. The summed E-state index contributed by atoms with van der Waals surface area (Å²) in [5.74, 6) is 0. The van der Waals surface area contributed by atoms with Crippen LogP contribution in [0.25, 0.3) is 0 Å². The van der Waals surface area contributed by atoms with Gasteiger partial charge in [-0.1, -0.05) is 11.6 Å². The molecule has 0 aromatic carbocycles. The summed E-state index contributed by atoms with van der Waals surface area (Å²) in [6, 6.07) is 0. The van der Waals surface area contributed by atoms with Gasteiger partial charge in [0.05, 0.1) is 17.8 Å². The lowest BCUT2D eigenvalue weighted by atomic mass is 9.97. The maximum Gasteiger partial charge on any atom is 0.0785 e. The van der Waals surface area contributed by atoms with Crippen LogP contribution in [-0.2, 0) is 6.54 Å². The maximum absolute atomic E-state index is 9.18. The third kappa shape index (κ3) is 3.81. The predicted octanol–water partition coefficient (Wildman–Crippen LogP) is 1.29. The Kier molecular flexibility index (Phi) is 4.57. The Morgan fingerprint density at radius 2 is 2.40 bits per heavy atom. The fraction of sp³-hybridized carbons (Fsp3) is 0.700. The molecule has 0 fully saturated rings. The van der Waals surface area contributed by atoms with Crippen molar-refractivity contribution in [2.24, 2.45) is 0 Å². The number of hydrogen-bond acceptors (Lipinski definition) is 3. The Labute approximate surface area is 95.2 Å². The van der Waals surface area contributed by atoms with Gasteiger partial charge in [-0.3, -0.25) is 4.68 Å². The summed E-state index contributed by atoms with van der Waals surface area (Å²) in [6.45, 7) is 2.97. The van der Waals surface area contributed by atoms with E-state index < -0.39 is 0 Å². The van der Waals surface area contributed by atoms with Crippen molar-refractivity contribution in [1.82, 2.24) is 15.1 Å². The van der Waals surface area contributed by atoms with Crippen molar-refractivity contribution in [3.8, 4) is 0 Å². The van der Waals surface area contributed by atoms with E-state index in [0.717, 1.165) is 19.4 Å². The topological polar surface area (TPSA) is 50.1 Å². The van der Waals surface area contributed by atoms with Crippen LogP contribution in [-0.4, -0.2) is 34.1 Å². The van der Waals surface area contributed by atoms with Crippen molar-refractivity contribution in [2.75, 3.05) is 13.7 Å². The van der Waals surface area contributed by atoms with Crippen LogP contribution in [0.2, 0.25) is 5.02 Å². The second-order valence-electron chi connectivity index (χ2n) is 3.99. The molecule has 0 amide bonds. The number of nitrogens with one attached hydrogen (secondary N) is 1. The number of hydrogen-bond donors (Lipinski definition) is 2. The number of aromatic nitrogens is 2. The Balaban J connectivity index is 2.32. The maximum atomic E-state index is 9.18. The fourth-order valence-corrected chi connectivity index (χ4v) is 1.53. The number of rotatable bonds is 6. The van der Waals surface area contributed by atoms with Gasteiger partial charge in [-0.2, -0.15) is 5.10 Å². The number of halogens is 1. The van der Waals surface area contributed by atoms with Gasteiger partial charge in [0.15, 0.2) is 0 Å². The standard InChI is InChI=1S/C10H18ClN3O/c1-10(8-15,12-2)4-3-5-14-7-9(11)6-13-14/h6-7,12,15H,3-5,8H2,1-2H3. The summed E-state index contributed by atoms with van der Waals surface area (Å²) in [7, 11) is 1.86. The lowest BCUT2D eigenvalue weighted by Crippen LogP contribution is -2.43. The molecule has 15 heavy (non-hydrogen) atoms. The molecule has 4 nitrogen and oxygen atoms in total. The molecule has 1 heterocycles. The third-order valence-electron chi connectivity index (χ3n) is 2.67. The molecule has 1 unspecified atom stereocenters. The minimum atomic E-state index is -0.197. The predicted molar refractivity (Wildman–Crippen MR) is 61.0 cm³/mol. The smallest absolute Gasteiger partial charge is 0.0785 e. The minimum Gasteiger partial charge on any atom is -0.394 e. The Hall–Kier alpha value is -0.580. The monoisotopic (exact) mass is 231 g/mol. The van der Waals surface area contributed by atoms with E-state index in [-0.39, 0.29) is 12.1 Å². The first kappa shape index (κ1) is 12.5. The van der Waals surface area contributed by atoms with E-state index in [1.807, 2.05) is 18.7 Å². The molecule has 1 aromatic rings. The first-order valence-corrected chi connectivity index (χ1v) is 5.45. The van der Waals surface area contributed by atoms with Gasteiger partial charge in [0, 0.05) is 18.3 Å². The summed E-state index contributed by atoms with van der Waals surface area (Å²) in [5, 5.41) is 17.0. The molecule has 1 atom stereocenters. The molecular formula is C10H18ClN3O. The molecule has 0 saturated heterocycles. The normalized spacial score (nSPS) is 15.2. The van der Waals surface area contributed by atoms with Crippen molar-refractivity contribution < 1.29 is 5.11 Å². The average Bonchev–Trinajstić information content (AvgIpc) is 2.64. The van der Waals surface area contributed by atoms with Crippen molar-refractivity contribution >= 4 is 11.6 Å². The Morgan fingerprint density at radius 1 is 1.67 bits per heavy atom. The number of likely N-dealkylation sites (N-methyl/N-ethyl adjacent to an activating group) is 1. The van der Waals surface area contributed by atoms with Gasteiger partial charge in [-0.25, -0.2) is 0 Å². The highest BCUT2D eigenvalue weighted by Gasteiger charge is 2.19. The van der Waals surface area contributed by atoms with E-state index in [1.54, 1.807) is 12.4 Å². The van der Waals surface area contributed by atoms with Crippen molar-refractivity contribution in [1.29, 1.82) is 0 Å². The number of aliphatic hydroxyl groups excluding tert-OH is 1. The van der Waals surface area contributed by atoms with Crippen LogP contribution in [0.5, 0.6) is 0 Å². The van der Waals surface area contributed by atoms with Crippen LogP contribution >= 0.6 is 11.6 Å². The second-order valence-corrected chi connectivity index (χ2v) is 4.43. The van der Waals surface area contributed by atoms with Crippen LogP contribution in [0.3, 0.4) is 0 Å². The average molecular weight is 232 g/mol. The first-order chi connectivity index (χ1) is 7.09. The summed E-state index contributed by atoms with van der Waals surface area (Å²) in [6.07, 6.45) is 5.29. The van der Waals surface area contributed by atoms with Gasteiger partial charge in [0.25, 0.3) is 0 Å². The van der Waals surface area contributed by atoms with E-state index in [1.165, 1.54) is 0 Å². The molecule has 0 spiro atoms. The SMILES string of the molecule is CNC(C)(CO)CCCn1cc(Cl)cn1. The third-order valence-corrected chi connectivity index (χ3v) is 2.87. The molecule has 0 aliphatic heterocycles. The van der Waals surface area contributed by atoms with Gasteiger partial charge >= 0.3 is 0 Å². The van der Waals surface area contributed by atoms with Crippen molar-refractivity contribution in [2.45, 2.75) is 31.8 Å².